The number of nitrogens with two attached hydrogens (primary N) is 1. The Morgan fingerprint density at radius 1 is 1.39 bits per heavy atom. The second kappa shape index (κ2) is 9.03. The van der Waals surface area contributed by atoms with Crippen LogP contribution in [0.2, 0.25) is 0 Å². The van der Waals surface area contributed by atoms with Crippen molar-refractivity contribution >= 4 is 11.9 Å². The number of hydrogen-bond acceptors (Lipinski definition) is 7. The molecule has 0 bridgehead atoms. The number of primary amides is 1. The van der Waals surface area contributed by atoms with Crippen LogP contribution in [0.25, 0.3) is 0 Å². The lowest BCUT2D eigenvalue weighted by atomic mass is 9.92. The molecule has 1 aliphatic heterocycles. The minimum Gasteiger partial charge on any atom is -0.492 e. The fourth-order valence-corrected chi connectivity index (χ4v) is 3.45. The molecule has 1 amide bonds. The van der Waals surface area contributed by atoms with Crippen LogP contribution in [0.4, 0.5) is 6.01 Å². The van der Waals surface area contributed by atoms with Crippen LogP contribution in [0.15, 0.2) is 16.8 Å². The van der Waals surface area contributed by atoms with E-state index in [1.165, 1.54) is 0 Å². The first-order valence-electron chi connectivity index (χ1n) is 9.92. The number of hydrogen-bond donors (Lipinski definition) is 1. The Hall–Kier alpha value is -2.64. The largest absolute Gasteiger partial charge is 0.492 e. The van der Waals surface area contributed by atoms with E-state index in [1.54, 1.807) is 19.2 Å². The van der Waals surface area contributed by atoms with Gasteiger partial charge in [-0.25, -0.2) is 4.98 Å². The summed E-state index contributed by atoms with van der Waals surface area (Å²) >= 11 is 0. The standard InChI is InChI=1S/C20H29N5O3/c1-13(2)19-23-20(28-24-19)25-8-6-15(7-9-25)5-4-10-27-16-11-14(3)17(18(21)26)22-12-16/h11-13,15H,4-10H2,1-3H3,(H2,21,26). The maximum Gasteiger partial charge on any atom is 0.324 e. The summed E-state index contributed by atoms with van der Waals surface area (Å²) in [5.74, 6) is 1.89. The summed E-state index contributed by atoms with van der Waals surface area (Å²) in [6, 6.07) is 2.45. The van der Waals surface area contributed by atoms with Crippen LogP contribution in [0, 0.1) is 12.8 Å². The minimum absolute atomic E-state index is 0.279. The Kier molecular flexibility index (Phi) is 6.49. The van der Waals surface area contributed by atoms with Crippen molar-refractivity contribution in [3.63, 3.8) is 0 Å². The van der Waals surface area contributed by atoms with Crippen LogP contribution in [0.5, 0.6) is 5.75 Å². The average molecular weight is 387 g/mol. The molecule has 1 aliphatic rings. The van der Waals surface area contributed by atoms with Crippen LogP contribution in [0.1, 0.15) is 67.3 Å². The third-order valence-corrected chi connectivity index (χ3v) is 5.14. The summed E-state index contributed by atoms with van der Waals surface area (Å²) in [4.78, 5) is 22.0. The smallest absolute Gasteiger partial charge is 0.324 e. The molecule has 2 aromatic rings. The highest BCUT2D eigenvalue weighted by atomic mass is 16.5. The topological polar surface area (TPSA) is 107 Å². The maximum atomic E-state index is 11.2. The fourth-order valence-electron chi connectivity index (χ4n) is 3.45. The van der Waals surface area contributed by atoms with E-state index in [4.69, 9.17) is 15.0 Å². The normalized spacial score (nSPS) is 15.2. The van der Waals surface area contributed by atoms with Crippen LogP contribution in [-0.2, 0) is 0 Å². The Morgan fingerprint density at radius 3 is 2.75 bits per heavy atom. The fraction of sp³-hybridized carbons (Fsp3) is 0.600. The summed E-state index contributed by atoms with van der Waals surface area (Å²) in [7, 11) is 0. The molecule has 8 heteroatoms. The van der Waals surface area contributed by atoms with E-state index < -0.39 is 5.91 Å². The predicted octanol–water partition coefficient (Wildman–Crippen LogP) is 3.07. The molecule has 152 valence electrons. The van der Waals surface area contributed by atoms with Crippen molar-refractivity contribution in [1.29, 1.82) is 0 Å². The summed E-state index contributed by atoms with van der Waals surface area (Å²) in [6.45, 7) is 8.46. The highest BCUT2D eigenvalue weighted by Crippen LogP contribution is 2.26. The van der Waals surface area contributed by atoms with Gasteiger partial charge in [-0.15, -0.1) is 0 Å². The van der Waals surface area contributed by atoms with Crippen molar-refractivity contribution in [3.05, 3.63) is 29.3 Å². The third-order valence-electron chi connectivity index (χ3n) is 5.14. The van der Waals surface area contributed by atoms with Crippen molar-refractivity contribution in [3.8, 4) is 5.75 Å². The Bertz CT molecular complexity index is 797. The number of aryl methyl sites for hydroxylation is 1. The van der Waals surface area contributed by atoms with Gasteiger partial charge in [-0.3, -0.25) is 4.79 Å². The molecule has 1 saturated heterocycles. The van der Waals surface area contributed by atoms with E-state index in [-0.39, 0.29) is 5.92 Å². The highest BCUT2D eigenvalue weighted by molar-refractivity contribution is 5.92. The van der Waals surface area contributed by atoms with Gasteiger partial charge in [0.1, 0.15) is 11.4 Å². The second-order valence-electron chi connectivity index (χ2n) is 7.71. The number of pyridine rings is 1. The molecule has 2 N–H and O–H groups in total. The summed E-state index contributed by atoms with van der Waals surface area (Å²) in [5, 5.41) is 4.05. The molecule has 0 radical (unpaired) electrons. The van der Waals surface area contributed by atoms with E-state index in [1.807, 2.05) is 0 Å². The molecule has 8 nitrogen and oxygen atoms in total. The Morgan fingerprint density at radius 2 is 2.14 bits per heavy atom. The molecule has 3 heterocycles. The first-order chi connectivity index (χ1) is 13.4. The zero-order valence-electron chi connectivity index (χ0n) is 16.9. The quantitative estimate of drug-likeness (QED) is 0.694. The van der Waals surface area contributed by atoms with Crippen molar-refractivity contribution in [2.75, 3.05) is 24.6 Å². The molecule has 0 atom stereocenters. The number of aromatic nitrogens is 3. The molecule has 0 aliphatic carbocycles. The summed E-state index contributed by atoms with van der Waals surface area (Å²) < 4.78 is 11.2. The molecule has 1 fully saturated rings. The average Bonchev–Trinajstić information content (AvgIpc) is 3.16. The molecule has 3 rings (SSSR count). The van der Waals surface area contributed by atoms with Gasteiger partial charge in [0.05, 0.1) is 12.8 Å². The number of anilines is 1. The van der Waals surface area contributed by atoms with Gasteiger partial charge in [-0.2, -0.15) is 4.98 Å². The van der Waals surface area contributed by atoms with Crippen molar-refractivity contribution in [1.82, 2.24) is 15.1 Å². The lowest BCUT2D eigenvalue weighted by Gasteiger charge is -2.30. The Balaban J connectivity index is 1.37. The van der Waals surface area contributed by atoms with Gasteiger partial charge in [0.25, 0.3) is 5.91 Å². The van der Waals surface area contributed by atoms with E-state index in [0.29, 0.717) is 30.0 Å². The zero-order chi connectivity index (χ0) is 20.1. The first-order valence-corrected chi connectivity index (χ1v) is 9.92. The molecule has 0 saturated carbocycles. The monoisotopic (exact) mass is 387 g/mol. The second-order valence-corrected chi connectivity index (χ2v) is 7.71. The maximum absolute atomic E-state index is 11.2. The van der Waals surface area contributed by atoms with Gasteiger partial charge in [0.2, 0.25) is 0 Å². The van der Waals surface area contributed by atoms with E-state index in [2.05, 4.69) is 33.9 Å². The van der Waals surface area contributed by atoms with Gasteiger partial charge in [-0.1, -0.05) is 19.0 Å². The SMILES string of the molecule is Cc1cc(OCCCC2CCN(c3nc(C(C)C)no3)CC2)cnc1C(N)=O. The van der Waals surface area contributed by atoms with Crippen LogP contribution < -0.4 is 15.4 Å². The third kappa shape index (κ3) is 4.99. The van der Waals surface area contributed by atoms with E-state index in [9.17, 15) is 4.79 Å². The van der Waals surface area contributed by atoms with Gasteiger partial charge in [-0.05, 0) is 50.2 Å². The number of piperidine rings is 1. The molecule has 28 heavy (non-hydrogen) atoms. The van der Waals surface area contributed by atoms with Crippen molar-refractivity contribution < 1.29 is 14.1 Å². The van der Waals surface area contributed by atoms with E-state index >= 15 is 0 Å². The van der Waals surface area contributed by atoms with Crippen LogP contribution >= 0.6 is 0 Å². The van der Waals surface area contributed by atoms with Crippen LogP contribution in [-0.4, -0.2) is 40.7 Å². The van der Waals surface area contributed by atoms with Crippen LogP contribution in [0.3, 0.4) is 0 Å². The van der Waals surface area contributed by atoms with Gasteiger partial charge < -0.3 is 19.9 Å². The van der Waals surface area contributed by atoms with Crippen molar-refractivity contribution in [2.24, 2.45) is 11.7 Å². The molecule has 2 aromatic heterocycles. The zero-order valence-corrected chi connectivity index (χ0v) is 16.9. The molecule has 0 aromatic carbocycles. The number of carbonyl (C=O) groups is 1. The number of rotatable bonds is 8. The minimum atomic E-state index is -0.517. The predicted molar refractivity (Wildman–Crippen MR) is 106 cm³/mol. The van der Waals surface area contributed by atoms with E-state index in [0.717, 1.165) is 50.2 Å². The summed E-state index contributed by atoms with van der Waals surface area (Å²) in [5.41, 5.74) is 6.30. The lowest BCUT2D eigenvalue weighted by Crippen LogP contribution is -2.34. The first kappa shape index (κ1) is 20.1. The molecular weight excluding hydrogens is 358 g/mol. The number of ether oxygens (including phenoxy) is 1. The lowest BCUT2D eigenvalue weighted by molar-refractivity contribution is 0.0995. The molecule has 0 unspecified atom stereocenters. The number of amides is 1. The molecular formula is C20H29N5O3. The number of carbonyl (C=O) groups excluding carboxylic acids is 1. The van der Waals surface area contributed by atoms with Gasteiger partial charge >= 0.3 is 6.01 Å². The summed E-state index contributed by atoms with van der Waals surface area (Å²) in [6.07, 6.45) is 5.90. The Labute approximate surface area is 165 Å². The van der Waals surface area contributed by atoms with Gasteiger partial charge in [0.15, 0.2) is 5.82 Å². The molecule has 0 spiro atoms. The van der Waals surface area contributed by atoms with Crippen molar-refractivity contribution in [2.45, 2.75) is 52.4 Å². The highest BCUT2D eigenvalue weighted by Gasteiger charge is 2.23. The van der Waals surface area contributed by atoms with Gasteiger partial charge in [0, 0.05) is 19.0 Å². The number of nitrogens with zero attached hydrogens (tertiary/aromatic N) is 4.